The summed E-state index contributed by atoms with van der Waals surface area (Å²) in [6.07, 6.45) is 0.525. The maximum absolute atomic E-state index is 12.5. The van der Waals surface area contributed by atoms with E-state index in [4.69, 9.17) is 18.6 Å². The van der Waals surface area contributed by atoms with Crippen LogP contribution >= 0.6 is 0 Å². The van der Waals surface area contributed by atoms with Crippen molar-refractivity contribution in [1.29, 1.82) is 0 Å². The summed E-state index contributed by atoms with van der Waals surface area (Å²) in [7, 11) is 4.14. The molecule has 30 heavy (non-hydrogen) atoms. The van der Waals surface area contributed by atoms with E-state index in [0.29, 0.717) is 35.6 Å². The van der Waals surface area contributed by atoms with Gasteiger partial charge in [0, 0.05) is 25.1 Å². The molecule has 0 atom stereocenters. The van der Waals surface area contributed by atoms with Gasteiger partial charge in [-0.25, -0.2) is 9.59 Å². The maximum atomic E-state index is 12.5. The molecule has 0 unspecified atom stereocenters. The number of methoxy groups -OCH3 is 3. The second kappa shape index (κ2) is 9.17. The highest BCUT2D eigenvalue weighted by Crippen LogP contribution is 2.33. The number of anilines is 1. The molecule has 3 rings (SSSR count). The second-order valence-electron chi connectivity index (χ2n) is 6.38. The van der Waals surface area contributed by atoms with Crippen molar-refractivity contribution in [1.82, 2.24) is 4.57 Å². The molecule has 0 aliphatic rings. The van der Waals surface area contributed by atoms with Crippen LogP contribution in [0.3, 0.4) is 0 Å². The molecule has 0 radical (unpaired) electrons. The summed E-state index contributed by atoms with van der Waals surface area (Å²) in [5, 5.41) is 2.70. The van der Waals surface area contributed by atoms with Crippen LogP contribution in [0, 0.1) is 0 Å². The fourth-order valence-corrected chi connectivity index (χ4v) is 3.10. The number of carbonyl (C=O) groups excluding carboxylic acids is 2. The van der Waals surface area contributed by atoms with Crippen LogP contribution < -0.4 is 20.5 Å². The van der Waals surface area contributed by atoms with Crippen molar-refractivity contribution >= 4 is 28.7 Å². The third-order valence-electron chi connectivity index (χ3n) is 4.56. The number of amides is 1. The molecular weight excluding hydrogens is 392 g/mol. The lowest BCUT2D eigenvalue weighted by atomic mass is 10.1. The predicted octanol–water partition coefficient (Wildman–Crippen LogP) is 2.82. The molecule has 9 heteroatoms. The molecule has 0 aliphatic heterocycles. The van der Waals surface area contributed by atoms with E-state index in [9.17, 15) is 14.4 Å². The molecule has 2 aromatic carbocycles. The molecule has 1 N–H and O–H groups in total. The third-order valence-corrected chi connectivity index (χ3v) is 4.56. The van der Waals surface area contributed by atoms with E-state index in [1.807, 2.05) is 6.07 Å². The zero-order valence-electron chi connectivity index (χ0n) is 16.9. The first-order valence-electron chi connectivity index (χ1n) is 9.21. The van der Waals surface area contributed by atoms with E-state index < -0.39 is 11.7 Å². The van der Waals surface area contributed by atoms with Gasteiger partial charge in [0.05, 0.1) is 38.1 Å². The van der Waals surface area contributed by atoms with Gasteiger partial charge in [0.1, 0.15) is 0 Å². The lowest BCUT2D eigenvalue weighted by Gasteiger charge is -2.14. The van der Waals surface area contributed by atoms with Gasteiger partial charge < -0.3 is 23.9 Å². The highest BCUT2D eigenvalue weighted by molar-refractivity contribution is 6.02. The normalized spacial score (nSPS) is 10.6. The zero-order chi connectivity index (χ0) is 21.7. The van der Waals surface area contributed by atoms with E-state index >= 15 is 0 Å². The smallest absolute Gasteiger partial charge is 0.419 e. The van der Waals surface area contributed by atoms with Gasteiger partial charge in [-0.3, -0.25) is 9.36 Å². The Bertz CT molecular complexity index is 1130. The van der Waals surface area contributed by atoms with Crippen molar-refractivity contribution in [3.05, 3.63) is 52.5 Å². The zero-order valence-corrected chi connectivity index (χ0v) is 16.9. The molecule has 1 amide bonds. The molecule has 3 aromatic rings. The number of oxazole rings is 1. The van der Waals surface area contributed by atoms with Gasteiger partial charge in [-0.1, -0.05) is 12.1 Å². The van der Waals surface area contributed by atoms with E-state index in [0.717, 1.165) is 0 Å². The summed E-state index contributed by atoms with van der Waals surface area (Å²) >= 11 is 0. The van der Waals surface area contributed by atoms with E-state index in [-0.39, 0.29) is 23.6 Å². The van der Waals surface area contributed by atoms with Crippen molar-refractivity contribution in [3.63, 3.8) is 0 Å². The Balaban J connectivity index is 1.72. The average molecular weight is 414 g/mol. The minimum atomic E-state index is -0.623. The number of benzene rings is 2. The summed E-state index contributed by atoms with van der Waals surface area (Å²) in [5.41, 5.74) is 1.56. The van der Waals surface area contributed by atoms with Gasteiger partial charge in [-0.2, -0.15) is 0 Å². The SMILES string of the molecule is COC(=O)c1cc(OC)c(OC)cc1NC(=O)CCCn1c(=O)oc2ccccc21. The number of carbonyl (C=O) groups is 2. The van der Waals surface area contributed by atoms with Crippen molar-refractivity contribution in [3.8, 4) is 11.5 Å². The lowest BCUT2D eigenvalue weighted by Crippen LogP contribution is -2.18. The molecule has 0 saturated heterocycles. The number of esters is 1. The van der Waals surface area contributed by atoms with Crippen LogP contribution in [0.2, 0.25) is 0 Å². The van der Waals surface area contributed by atoms with Crippen molar-refractivity contribution in [2.75, 3.05) is 26.6 Å². The van der Waals surface area contributed by atoms with Crippen LogP contribution in [0.15, 0.2) is 45.6 Å². The topological polar surface area (TPSA) is 109 Å². The molecule has 1 heterocycles. The van der Waals surface area contributed by atoms with Gasteiger partial charge in [0.2, 0.25) is 5.91 Å². The first-order valence-corrected chi connectivity index (χ1v) is 9.21. The third kappa shape index (κ3) is 4.29. The Morgan fingerprint density at radius 1 is 1.07 bits per heavy atom. The van der Waals surface area contributed by atoms with Gasteiger partial charge in [-0.05, 0) is 18.6 Å². The Morgan fingerprint density at radius 3 is 2.47 bits per heavy atom. The highest BCUT2D eigenvalue weighted by atomic mass is 16.5. The summed E-state index contributed by atoms with van der Waals surface area (Å²) in [5.74, 6) is -0.723. The van der Waals surface area contributed by atoms with Crippen molar-refractivity contribution < 1.29 is 28.2 Å². The first kappa shape index (κ1) is 21.0. The first-order chi connectivity index (χ1) is 14.5. The van der Waals surface area contributed by atoms with Crippen LogP contribution in [-0.4, -0.2) is 37.8 Å². The number of aromatic nitrogens is 1. The average Bonchev–Trinajstić information content (AvgIpc) is 3.08. The molecule has 0 fully saturated rings. The summed E-state index contributed by atoms with van der Waals surface area (Å²) in [4.78, 5) is 36.6. The fourth-order valence-electron chi connectivity index (χ4n) is 3.10. The van der Waals surface area contributed by atoms with Crippen molar-refractivity contribution in [2.45, 2.75) is 19.4 Å². The summed E-state index contributed by atoms with van der Waals surface area (Å²) in [6, 6.07) is 10.0. The Kier molecular flexibility index (Phi) is 6.41. The molecule has 158 valence electrons. The number of para-hydroxylation sites is 2. The number of nitrogens with one attached hydrogen (secondary N) is 1. The minimum absolute atomic E-state index is 0.126. The highest BCUT2D eigenvalue weighted by Gasteiger charge is 2.19. The summed E-state index contributed by atoms with van der Waals surface area (Å²) in [6.45, 7) is 0.319. The van der Waals surface area contributed by atoms with Gasteiger partial charge in [0.15, 0.2) is 17.1 Å². The number of rotatable bonds is 8. The monoisotopic (exact) mass is 414 g/mol. The molecular formula is C21H22N2O7. The van der Waals surface area contributed by atoms with E-state index in [1.165, 1.54) is 38.0 Å². The van der Waals surface area contributed by atoms with Crippen LogP contribution in [-0.2, 0) is 16.1 Å². The Labute approximate surface area is 172 Å². The Hall–Kier alpha value is -3.75. The van der Waals surface area contributed by atoms with Crippen LogP contribution in [0.5, 0.6) is 11.5 Å². The number of hydrogen-bond donors (Lipinski definition) is 1. The molecule has 1 aromatic heterocycles. The number of nitrogens with zero attached hydrogens (tertiary/aromatic N) is 1. The van der Waals surface area contributed by atoms with Gasteiger partial charge in [0.25, 0.3) is 0 Å². The molecule has 0 bridgehead atoms. The fraction of sp³-hybridized carbons (Fsp3) is 0.286. The van der Waals surface area contributed by atoms with Crippen LogP contribution in [0.4, 0.5) is 5.69 Å². The van der Waals surface area contributed by atoms with Crippen LogP contribution in [0.25, 0.3) is 11.1 Å². The molecule has 9 nitrogen and oxygen atoms in total. The number of fused-ring (bicyclic) bond motifs is 1. The standard InChI is InChI=1S/C21H22N2O7/c1-27-17-11-13(20(25)29-3)14(12-18(17)28-2)22-19(24)9-6-10-23-15-7-4-5-8-16(15)30-21(23)26/h4-5,7-8,11-12H,6,9-10H2,1-3H3,(H,22,24). The molecule has 0 spiro atoms. The predicted molar refractivity (Wildman–Crippen MR) is 109 cm³/mol. The van der Waals surface area contributed by atoms with Crippen LogP contribution in [0.1, 0.15) is 23.2 Å². The Morgan fingerprint density at radius 2 is 1.77 bits per heavy atom. The van der Waals surface area contributed by atoms with E-state index in [1.54, 1.807) is 18.2 Å². The number of hydrogen-bond acceptors (Lipinski definition) is 7. The lowest BCUT2D eigenvalue weighted by molar-refractivity contribution is -0.116. The van der Waals surface area contributed by atoms with Crippen molar-refractivity contribution in [2.24, 2.45) is 0 Å². The largest absolute Gasteiger partial charge is 0.493 e. The molecule has 0 saturated carbocycles. The van der Waals surface area contributed by atoms with Gasteiger partial charge >= 0.3 is 11.7 Å². The second-order valence-corrected chi connectivity index (χ2v) is 6.38. The van der Waals surface area contributed by atoms with E-state index in [2.05, 4.69) is 5.32 Å². The summed E-state index contributed by atoms with van der Waals surface area (Å²) < 4.78 is 21.9. The van der Waals surface area contributed by atoms with Gasteiger partial charge in [-0.15, -0.1) is 0 Å². The quantitative estimate of drug-likeness (QED) is 0.565. The number of ether oxygens (including phenoxy) is 3. The number of aryl methyl sites for hydroxylation is 1. The molecule has 0 aliphatic carbocycles. The minimum Gasteiger partial charge on any atom is -0.493 e. The maximum Gasteiger partial charge on any atom is 0.419 e.